The Morgan fingerprint density at radius 2 is 2.05 bits per heavy atom. The lowest BCUT2D eigenvalue weighted by Gasteiger charge is -2.19. The molecule has 0 aliphatic rings. The second kappa shape index (κ2) is 7.36. The molecule has 1 N–H and O–H groups in total. The number of hydrogen-bond donors (Lipinski definition) is 1. The fourth-order valence-electron chi connectivity index (χ4n) is 1.99. The number of nitrogens with one attached hydrogen (secondary N) is 1. The van der Waals surface area contributed by atoms with E-state index in [1.165, 1.54) is 5.56 Å². The third kappa shape index (κ3) is 4.11. The van der Waals surface area contributed by atoms with E-state index in [9.17, 15) is 0 Å². The summed E-state index contributed by atoms with van der Waals surface area (Å²) in [5, 5.41) is 3.58. The van der Waals surface area contributed by atoms with Gasteiger partial charge in [0.15, 0.2) is 0 Å². The van der Waals surface area contributed by atoms with Crippen LogP contribution < -0.4 is 5.32 Å². The molecule has 0 aliphatic carbocycles. The van der Waals surface area contributed by atoms with E-state index in [1.54, 1.807) is 12.5 Å². The molecule has 0 spiro atoms. The third-order valence-corrected chi connectivity index (χ3v) is 3.65. The first-order valence-corrected chi connectivity index (χ1v) is 7.33. The monoisotopic (exact) mass is 319 g/mol. The molecular formula is C15H18BrN3. The lowest BCUT2D eigenvalue weighted by molar-refractivity contribution is 0.523. The fraction of sp³-hybridized carbons (Fsp3) is 0.333. The van der Waals surface area contributed by atoms with Crippen molar-refractivity contribution in [3.8, 4) is 0 Å². The van der Waals surface area contributed by atoms with Crippen molar-refractivity contribution < 1.29 is 0 Å². The molecule has 0 amide bonds. The standard InChI is InChI=1S/C15H18BrN3/c1-2-8-18-14(12-6-4-3-5-7-12)9-15-13(16)10-17-11-19-15/h3-7,10-11,14,18H,2,8-9H2,1H3. The van der Waals surface area contributed by atoms with Gasteiger partial charge in [-0.05, 0) is 34.5 Å². The Balaban J connectivity index is 2.17. The average molecular weight is 320 g/mol. The van der Waals surface area contributed by atoms with Crippen LogP contribution in [0.5, 0.6) is 0 Å². The zero-order valence-corrected chi connectivity index (χ0v) is 12.6. The highest BCUT2D eigenvalue weighted by atomic mass is 79.9. The van der Waals surface area contributed by atoms with Crippen molar-refractivity contribution in [3.05, 3.63) is 58.6 Å². The Labute approximate surface area is 122 Å². The Morgan fingerprint density at radius 3 is 2.74 bits per heavy atom. The van der Waals surface area contributed by atoms with Crippen LogP contribution in [-0.2, 0) is 6.42 Å². The van der Waals surface area contributed by atoms with Crippen molar-refractivity contribution in [3.63, 3.8) is 0 Å². The molecule has 4 heteroatoms. The van der Waals surface area contributed by atoms with Crippen molar-refractivity contribution in [2.75, 3.05) is 6.54 Å². The van der Waals surface area contributed by atoms with Gasteiger partial charge in [0.2, 0.25) is 0 Å². The molecule has 0 fully saturated rings. The first kappa shape index (κ1) is 14.2. The maximum absolute atomic E-state index is 4.35. The van der Waals surface area contributed by atoms with E-state index in [2.05, 4.69) is 62.4 Å². The van der Waals surface area contributed by atoms with Gasteiger partial charge in [0.25, 0.3) is 0 Å². The molecule has 1 atom stereocenters. The number of rotatable bonds is 6. The van der Waals surface area contributed by atoms with Gasteiger partial charge in [-0.25, -0.2) is 9.97 Å². The molecule has 0 aliphatic heterocycles. The molecule has 19 heavy (non-hydrogen) atoms. The predicted molar refractivity (Wildman–Crippen MR) is 80.9 cm³/mol. The number of nitrogens with zero attached hydrogens (tertiary/aromatic N) is 2. The van der Waals surface area contributed by atoms with E-state index < -0.39 is 0 Å². The van der Waals surface area contributed by atoms with Crippen molar-refractivity contribution >= 4 is 15.9 Å². The van der Waals surface area contributed by atoms with Crippen LogP contribution in [0.15, 0.2) is 47.3 Å². The van der Waals surface area contributed by atoms with Crippen LogP contribution in [-0.4, -0.2) is 16.5 Å². The minimum absolute atomic E-state index is 0.285. The van der Waals surface area contributed by atoms with Crippen molar-refractivity contribution in [2.45, 2.75) is 25.8 Å². The van der Waals surface area contributed by atoms with Crippen LogP contribution in [0.2, 0.25) is 0 Å². The highest BCUT2D eigenvalue weighted by Crippen LogP contribution is 2.21. The number of benzene rings is 1. The molecule has 1 aromatic heterocycles. The van der Waals surface area contributed by atoms with Gasteiger partial charge < -0.3 is 5.32 Å². The normalized spacial score (nSPS) is 12.3. The van der Waals surface area contributed by atoms with Gasteiger partial charge in [-0.1, -0.05) is 37.3 Å². The highest BCUT2D eigenvalue weighted by molar-refractivity contribution is 9.10. The summed E-state index contributed by atoms with van der Waals surface area (Å²) in [4.78, 5) is 8.36. The van der Waals surface area contributed by atoms with Crippen LogP contribution in [0.25, 0.3) is 0 Å². The van der Waals surface area contributed by atoms with E-state index >= 15 is 0 Å². The zero-order chi connectivity index (χ0) is 13.5. The van der Waals surface area contributed by atoms with Crippen LogP contribution in [0, 0.1) is 0 Å². The summed E-state index contributed by atoms with van der Waals surface area (Å²) in [6, 6.07) is 10.8. The summed E-state index contributed by atoms with van der Waals surface area (Å²) >= 11 is 3.51. The van der Waals surface area contributed by atoms with Gasteiger partial charge in [-0.2, -0.15) is 0 Å². The fourth-order valence-corrected chi connectivity index (χ4v) is 2.38. The topological polar surface area (TPSA) is 37.8 Å². The molecule has 0 saturated carbocycles. The Bertz CT molecular complexity index is 502. The molecule has 2 rings (SSSR count). The van der Waals surface area contributed by atoms with Crippen molar-refractivity contribution in [1.82, 2.24) is 15.3 Å². The molecule has 0 saturated heterocycles. The number of halogens is 1. The molecule has 2 aromatic rings. The Kier molecular flexibility index (Phi) is 5.48. The molecule has 1 heterocycles. The SMILES string of the molecule is CCCNC(Cc1ncncc1Br)c1ccccc1. The Morgan fingerprint density at radius 1 is 1.26 bits per heavy atom. The van der Waals surface area contributed by atoms with E-state index in [0.717, 1.165) is 29.6 Å². The molecule has 1 unspecified atom stereocenters. The lowest BCUT2D eigenvalue weighted by atomic mass is 10.0. The van der Waals surface area contributed by atoms with E-state index in [4.69, 9.17) is 0 Å². The van der Waals surface area contributed by atoms with E-state index in [-0.39, 0.29) is 6.04 Å². The summed E-state index contributed by atoms with van der Waals surface area (Å²) in [5.74, 6) is 0. The number of aromatic nitrogens is 2. The van der Waals surface area contributed by atoms with E-state index in [1.807, 2.05) is 6.07 Å². The summed E-state index contributed by atoms with van der Waals surface area (Å²) in [6.45, 7) is 3.18. The maximum Gasteiger partial charge on any atom is 0.115 e. The van der Waals surface area contributed by atoms with Gasteiger partial charge in [0, 0.05) is 18.7 Å². The molecule has 0 radical (unpaired) electrons. The maximum atomic E-state index is 4.35. The van der Waals surface area contributed by atoms with Crippen LogP contribution in [0.1, 0.15) is 30.6 Å². The molecular weight excluding hydrogens is 302 g/mol. The van der Waals surface area contributed by atoms with Gasteiger partial charge >= 0.3 is 0 Å². The summed E-state index contributed by atoms with van der Waals surface area (Å²) < 4.78 is 0.967. The highest BCUT2D eigenvalue weighted by Gasteiger charge is 2.13. The predicted octanol–water partition coefficient (Wildman–Crippen LogP) is 3.52. The van der Waals surface area contributed by atoms with Crippen molar-refractivity contribution in [2.24, 2.45) is 0 Å². The molecule has 100 valence electrons. The minimum Gasteiger partial charge on any atom is -0.310 e. The average Bonchev–Trinajstić information content (AvgIpc) is 2.46. The summed E-state index contributed by atoms with van der Waals surface area (Å²) in [7, 11) is 0. The van der Waals surface area contributed by atoms with Gasteiger partial charge in [0.1, 0.15) is 6.33 Å². The second-order valence-corrected chi connectivity index (χ2v) is 5.29. The smallest absolute Gasteiger partial charge is 0.115 e. The third-order valence-electron chi connectivity index (χ3n) is 2.98. The quantitative estimate of drug-likeness (QED) is 0.885. The molecule has 3 nitrogen and oxygen atoms in total. The van der Waals surface area contributed by atoms with Crippen LogP contribution >= 0.6 is 15.9 Å². The second-order valence-electron chi connectivity index (χ2n) is 4.44. The summed E-state index contributed by atoms with van der Waals surface area (Å²) in [5.41, 5.74) is 2.33. The minimum atomic E-state index is 0.285. The van der Waals surface area contributed by atoms with Gasteiger partial charge in [-0.3, -0.25) is 0 Å². The largest absolute Gasteiger partial charge is 0.310 e. The van der Waals surface area contributed by atoms with Crippen LogP contribution in [0.3, 0.4) is 0 Å². The summed E-state index contributed by atoms with van der Waals surface area (Å²) in [6.07, 6.45) is 5.37. The van der Waals surface area contributed by atoms with Crippen LogP contribution in [0.4, 0.5) is 0 Å². The molecule has 0 bridgehead atoms. The van der Waals surface area contributed by atoms with Crippen molar-refractivity contribution in [1.29, 1.82) is 0 Å². The van der Waals surface area contributed by atoms with E-state index in [0.29, 0.717) is 0 Å². The van der Waals surface area contributed by atoms with Gasteiger partial charge in [-0.15, -0.1) is 0 Å². The lowest BCUT2D eigenvalue weighted by Crippen LogP contribution is -2.24. The first-order valence-electron chi connectivity index (χ1n) is 6.54. The first-order chi connectivity index (χ1) is 9.31. The Hall–Kier alpha value is -1.26. The van der Waals surface area contributed by atoms with Gasteiger partial charge in [0.05, 0.1) is 10.2 Å². The number of hydrogen-bond acceptors (Lipinski definition) is 3. The molecule has 1 aromatic carbocycles. The zero-order valence-electron chi connectivity index (χ0n) is 11.0.